The molecule has 1 amide bonds. The first kappa shape index (κ1) is 14.2. The smallest absolute Gasteiger partial charge is 0.360 e. The van der Waals surface area contributed by atoms with E-state index < -0.39 is 23.7 Å². The van der Waals surface area contributed by atoms with Crippen LogP contribution in [0.25, 0.3) is 0 Å². The van der Waals surface area contributed by atoms with Crippen molar-refractivity contribution in [3.05, 3.63) is 11.1 Å². The highest BCUT2D eigenvalue weighted by atomic mass is 32.1. The molecule has 0 atom stereocenters. The van der Waals surface area contributed by atoms with Crippen LogP contribution in [0.1, 0.15) is 5.69 Å². The monoisotopic (exact) mass is 292 g/mol. The molecule has 0 aliphatic heterocycles. The number of rotatable bonds is 6. The van der Waals surface area contributed by atoms with Gasteiger partial charge in [0.2, 0.25) is 12.5 Å². The second-order valence-electron chi connectivity index (χ2n) is 2.61. The molecule has 98 valence electrons. The molecule has 11 heteroatoms. The number of oxime groups is 1. The lowest BCUT2D eigenvalue weighted by atomic mass is 10.3. The summed E-state index contributed by atoms with van der Waals surface area (Å²) in [4.78, 5) is 33.9. The van der Waals surface area contributed by atoms with E-state index in [0.717, 1.165) is 11.3 Å². The topological polar surface area (TPSA) is 136 Å². The third-order valence-corrected chi connectivity index (χ3v) is 2.16. The Morgan fingerprint density at radius 1 is 1.67 bits per heavy atom. The molecule has 0 spiro atoms. The number of carbonyl (C=O) groups excluding carboxylic acids is 1. The Kier molecular flexibility index (Phi) is 5.35. The molecule has 18 heavy (non-hydrogen) atoms. The highest BCUT2D eigenvalue weighted by Crippen LogP contribution is 2.12. The van der Waals surface area contributed by atoms with Crippen LogP contribution in [0.5, 0.6) is 0 Å². The largest absolute Gasteiger partial charge is 0.476 e. The zero-order valence-corrected chi connectivity index (χ0v) is 10.4. The third-order valence-electron chi connectivity index (χ3n) is 1.39. The van der Waals surface area contributed by atoms with E-state index in [4.69, 9.17) is 10.8 Å². The number of aliphatic carboxylic acids is 1. The fourth-order valence-corrected chi connectivity index (χ4v) is 1.41. The summed E-state index contributed by atoms with van der Waals surface area (Å²) >= 11 is 4.42. The standard InChI is InChI=1S/C7H8N4O5S2/c8-6-9-3(1-18-6)4(5(12)13)10-15-2-16-11-7(14)17/h1H,2H2,(H2,8,9)(H,12,13)(H2,11,14,17)/b10-4-. The number of hydrogen-bond donors (Lipinski definition) is 4. The number of thiazole rings is 1. The molecule has 0 saturated carbocycles. The molecule has 0 aliphatic carbocycles. The van der Waals surface area contributed by atoms with Crippen molar-refractivity contribution in [1.29, 1.82) is 0 Å². The Hall–Kier alpha value is -1.85. The molecule has 0 saturated heterocycles. The summed E-state index contributed by atoms with van der Waals surface area (Å²) in [5.41, 5.74) is 6.85. The van der Waals surface area contributed by atoms with E-state index in [1.165, 1.54) is 5.38 Å². The summed E-state index contributed by atoms with van der Waals surface area (Å²) in [6.07, 6.45) is 0. The number of carboxylic acid groups (broad SMARTS) is 1. The van der Waals surface area contributed by atoms with Crippen LogP contribution in [0.4, 0.5) is 9.93 Å². The van der Waals surface area contributed by atoms with Gasteiger partial charge in [0.15, 0.2) is 5.13 Å². The van der Waals surface area contributed by atoms with Gasteiger partial charge in [0.05, 0.1) is 0 Å². The number of nitrogens with zero attached hydrogens (tertiary/aromatic N) is 2. The minimum atomic E-state index is -1.33. The first-order chi connectivity index (χ1) is 8.50. The lowest BCUT2D eigenvalue weighted by Gasteiger charge is -2.01. The fourth-order valence-electron chi connectivity index (χ4n) is 0.800. The molecule has 0 unspecified atom stereocenters. The van der Waals surface area contributed by atoms with E-state index >= 15 is 0 Å². The van der Waals surface area contributed by atoms with E-state index in [-0.39, 0.29) is 10.8 Å². The molecule has 0 aromatic carbocycles. The van der Waals surface area contributed by atoms with Gasteiger partial charge >= 0.3 is 5.97 Å². The van der Waals surface area contributed by atoms with Gasteiger partial charge < -0.3 is 15.7 Å². The number of nitrogens with two attached hydrogens (primary N) is 1. The molecule has 0 aliphatic rings. The van der Waals surface area contributed by atoms with E-state index in [0.29, 0.717) is 0 Å². The number of hydroxylamine groups is 1. The van der Waals surface area contributed by atoms with Crippen molar-refractivity contribution in [3.63, 3.8) is 0 Å². The van der Waals surface area contributed by atoms with Crippen LogP contribution in [0.2, 0.25) is 0 Å². The number of anilines is 1. The predicted octanol–water partition coefficient (Wildman–Crippen LogP) is 0.0591. The first-order valence-electron chi connectivity index (χ1n) is 4.26. The van der Waals surface area contributed by atoms with Crippen molar-refractivity contribution in [1.82, 2.24) is 10.5 Å². The second-order valence-corrected chi connectivity index (χ2v) is 3.91. The van der Waals surface area contributed by atoms with Gasteiger partial charge in [-0.2, -0.15) is 0 Å². The Labute approximate surface area is 110 Å². The zero-order valence-electron chi connectivity index (χ0n) is 8.69. The van der Waals surface area contributed by atoms with Crippen molar-refractivity contribution >= 4 is 46.0 Å². The average molecular weight is 292 g/mol. The van der Waals surface area contributed by atoms with Crippen LogP contribution in [-0.2, 0) is 14.5 Å². The van der Waals surface area contributed by atoms with E-state index in [9.17, 15) is 9.59 Å². The van der Waals surface area contributed by atoms with Crippen LogP contribution in [0.15, 0.2) is 10.5 Å². The van der Waals surface area contributed by atoms with Crippen molar-refractivity contribution in [2.45, 2.75) is 0 Å². The van der Waals surface area contributed by atoms with Gasteiger partial charge in [-0.1, -0.05) is 17.8 Å². The quantitative estimate of drug-likeness (QED) is 0.191. The van der Waals surface area contributed by atoms with E-state index in [1.54, 1.807) is 0 Å². The average Bonchev–Trinajstić information content (AvgIpc) is 2.69. The lowest BCUT2D eigenvalue weighted by Crippen LogP contribution is -2.20. The number of amides is 1. The minimum absolute atomic E-state index is 0.0724. The molecule has 1 aromatic rings. The van der Waals surface area contributed by atoms with Gasteiger partial charge in [-0.3, -0.25) is 4.79 Å². The van der Waals surface area contributed by atoms with Crippen molar-refractivity contribution in [3.8, 4) is 0 Å². The summed E-state index contributed by atoms with van der Waals surface area (Å²) in [6.45, 7) is -0.483. The molecule has 0 bridgehead atoms. The van der Waals surface area contributed by atoms with Crippen LogP contribution in [0, 0.1) is 0 Å². The highest BCUT2D eigenvalue weighted by Gasteiger charge is 2.16. The van der Waals surface area contributed by atoms with Crippen LogP contribution in [0.3, 0.4) is 0 Å². The maximum atomic E-state index is 10.9. The molecule has 4 N–H and O–H groups in total. The van der Waals surface area contributed by atoms with Gasteiger partial charge in [-0.05, 0) is 0 Å². The molecule has 1 heterocycles. The van der Waals surface area contributed by atoms with E-state index in [1.807, 2.05) is 5.48 Å². The third kappa shape index (κ3) is 4.57. The summed E-state index contributed by atoms with van der Waals surface area (Å²) in [5.74, 6) is -1.33. The number of hydrogen-bond acceptors (Lipinski definition) is 8. The van der Waals surface area contributed by atoms with Crippen LogP contribution >= 0.6 is 24.0 Å². The zero-order chi connectivity index (χ0) is 13.5. The Bertz CT molecular complexity index is 474. The molecule has 1 aromatic heterocycles. The predicted molar refractivity (Wildman–Crippen MR) is 65.3 cm³/mol. The van der Waals surface area contributed by atoms with Gasteiger partial charge in [0.1, 0.15) is 5.69 Å². The summed E-state index contributed by atoms with van der Waals surface area (Å²) < 4.78 is 0. The van der Waals surface area contributed by atoms with E-state index in [2.05, 4.69) is 32.4 Å². The van der Waals surface area contributed by atoms with Crippen LogP contribution in [-0.4, -0.2) is 33.8 Å². The SMILES string of the molecule is Nc1nc(/C(=N/OCONC(=O)S)C(=O)O)cs1. The molecule has 9 nitrogen and oxygen atoms in total. The number of carbonyl (C=O) groups is 2. The van der Waals surface area contributed by atoms with Crippen molar-refractivity contribution in [2.75, 3.05) is 12.5 Å². The summed E-state index contributed by atoms with van der Waals surface area (Å²) in [7, 11) is 0. The molecule has 0 radical (unpaired) electrons. The highest BCUT2D eigenvalue weighted by molar-refractivity contribution is 7.96. The Balaban J connectivity index is 2.57. The van der Waals surface area contributed by atoms with Gasteiger partial charge in [-0.15, -0.1) is 11.3 Å². The Morgan fingerprint density at radius 3 is 2.89 bits per heavy atom. The van der Waals surface area contributed by atoms with Crippen LogP contribution < -0.4 is 11.2 Å². The van der Waals surface area contributed by atoms with Crippen molar-refractivity contribution < 1.29 is 24.4 Å². The van der Waals surface area contributed by atoms with Gasteiger partial charge in [0.25, 0.3) is 5.24 Å². The minimum Gasteiger partial charge on any atom is -0.476 e. The van der Waals surface area contributed by atoms with Gasteiger partial charge in [0, 0.05) is 5.38 Å². The van der Waals surface area contributed by atoms with Gasteiger partial charge in [-0.25, -0.2) is 20.1 Å². The number of nitrogen functional groups attached to an aromatic ring is 1. The molecule has 1 rings (SSSR count). The summed E-state index contributed by atoms with van der Waals surface area (Å²) in [5, 5.41) is 13.1. The van der Waals surface area contributed by atoms with Crippen molar-refractivity contribution in [2.24, 2.45) is 5.16 Å². The second kappa shape index (κ2) is 6.78. The summed E-state index contributed by atoms with van der Waals surface area (Å²) in [6, 6.07) is 0. The molecule has 0 fully saturated rings. The molecular formula is C7H8N4O5S2. The maximum absolute atomic E-state index is 10.9. The first-order valence-corrected chi connectivity index (χ1v) is 5.58. The fraction of sp³-hybridized carbons (Fsp3) is 0.143. The molecular weight excluding hydrogens is 284 g/mol. The Morgan fingerprint density at radius 2 is 2.39 bits per heavy atom. The normalized spacial score (nSPS) is 11.1. The number of nitrogens with one attached hydrogen (secondary N) is 1. The number of aromatic nitrogens is 1. The number of carboxylic acids is 1. The number of thiol groups is 1. The lowest BCUT2D eigenvalue weighted by molar-refractivity contribution is -0.129. The maximum Gasteiger partial charge on any atom is 0.360 e.